The monoisotopic (exact) mass is 541 g/mol. The lowest BCUT2D eigenvalue weighted by Gasteiger charge is -2.37. The minimum atomic E-state index is -4.51. The van der Waals surface area contributed by atoms with Crippen molar-refractivity contribution >= 4 is 34.5 Å². The first-order valence-corrected chi connectivity index (χ1v) is 12.8. The Balaban J connectivity index is 1.22. The van der Waals surface area contributed by atoms with Gasteiger partial charge in [-0.1, -0.05) is 30.7 Å². The molecule has 1 N–H and O–H groups in total. The summed E-state index contributed by atoms with van der Waals surface area (Å²) < 4.78 is 40.9. The number of alkyl halides is 3. The van der Waals surface area contributed by atoms with Crippen LogP contribution in [0.3, 0.4) is 0 Å². The molecule has 0 bridgehead atoms. The minimum Gasteiger partial charge on any atom is -0.368 e. The smallest absolute Gasteiger partial charge is 0.368 e. The molecule has 0 spiro atoms. The highest BCUT2D eigenvalue weighted by atomic mass is 35.5. The van der Waals surface area contributed by atoms with Gasteiger partial charge in [-0.25, -0.2) is 4.98 Å². The molecule has 1 amide bonds. The Bertz CT molecular complexity index is 1430. The van der Waals surface area contributed by atoms with Gasteiger partial charge in [0.1, 0.15) is 11.3 Å². The first-order valence-electron chi connectivity index (χ1n) is 12.4. The number of carbonyl (C=O) groups excluding carboxylic acids is 1. The van der Waals surface area contributed by atoms with E-state index in [9.17, 15) is 18.0 Å². The number of halogens is 4. The third kappa shape index (κ3) is 5.43. The van der Waals surface area contributed by atoms with Gasteiger partial charge in [0.2, 0.25) is 0 Å². The summed E-state index contributed by atoms with van der Waals surface area (Å²) >= 11 is 6.00. The van der Waals surface area contributed by atoms with Crippen LogP contribution in [0.5, 0.6) is 0 Å². The Labute approximate surface area is 223 Å². The second-order valence-corrected chi connectivity index (χ2v) is 9.64. The standard InChI is InChI=1S/C28H27ClF3N5O/c1-2-24-26(37-18-20(28(30,31)32)5-12-25(37)34-24)27(38)33-17-19-3-8-22(9-4-19)35-13-15-36(16-14-35)23-10-6-21(29)7-11-23/h3-12,18H,2,13-17H2,1H3,(H,33,38). The number of aromatic nitrogens is 2. The number of benzene rings is 2. The van der Waals surface area contributed by atoms with Crippen LogP contribution >= 0.6 is 11.6 Å². The van der Waals surface area contributed by atoms with Gasteiger partial charge in [0.15, 0.2) is 0 Å². The number of nitrogens with one attached hydrogen (secondary N) is 1. The van der Waals surface area contributed by atoms with Crippen LogP contribution in [0.25, 0.3) is 5.65 Å². The lowest BCUT2D eigenvalue weighted by atomic mass is 10.1. The number of amides is 1. The molecular weight excluding hydrogens is 515 g/mol. The van der Waals surface area contributed by atoms with Crippen LogP contribution < -0.4 is 15.1 Å². The lowest BCUT2D eigenvalue weighted by molar-refractivity contribution is -0.137. The zero-order chi connectivity index (χ0) is 26.9. The molecule has 5 rings (SSSR count). The van der Waals surface area contributed by atoms with Crippen molar-refractivity contribution in [2.24, 2.45) is 0 Å². The molecule has 0 aliphatic carbocycles. The van der Waals surface area contributed by atoms with Crippen molar-refractivity contribution in [3.63, 3.8) is 0 Å². The SMILES string of the molecule is CCc1nc2ccc(C(F)(F)F)cn2c1C(=O)NCc1ccc(N2CCN(c3ccc(Cl)cc3)CC2)cc1. The maximum Gasteiger partial charge on any atom is 0.417 e. The average Bonchev–Trinajstić information content (AvgIpc) is 3.30. The molecule has 198 valence electrons. The lowest BCUT2D eigenvalue weighted by Crippen LogP contribution is -2.46. The number of rotatable bonds is 6. The summed E-state index contributed by atoms with van der Waals surface area (Å²) in [5.41, 5.74) is 3.21. The van der Waals surface area contributed by atoms with Gasteiger partial charge in [0, 0.05) is 55.3 Å². The highest BCUT2D eigenvalue weighted by molar-refractivity contribution is 6.30. The summed E-state index contributed by atoms with van der Waals surface area (Å²) in [7, 11) is 0. The van der Waals surface area contributed by atoms with Gasteiger partial charge in [-0.3, -0.25) is 9.20 Å². The van der Waals surface area contributed by atoms with E-state index in [0.717, 1.165) is 60.4 Å². The fourth-order valence-electron chi connectivity index (χ4n) is 4.71. The number of hydrogen-bond acceptors (Lipinski definition) is 4. The third-order valence-corrected chi connectivity index (χ3v) is 7.05. The maximum atomic E-state index is 13.2. The molecular formula is C28H27ClF3N5O. The van der Waals surface area contributed by atoms with Crippen LogP contribution in [-0.2, 0) is 19.1 Å². The Morgan fingerprint density at radius 3 is 2.05 bits per heavy atom. The molecule has 1 aliphatic rings. The second kappa shape index (κ2) is 10.6. The van der Waals surface area contributed by atoms with E-state index >= 15 is 0 Å². The number of piperazine rings is 1. The van der Waals surface area contributed by atoms with Gasteiger partial charge in [-0.05, 0) is 60.5 Å². The zero-order valence-electron chi connectivity index (χ0n) is 20.8. The predicted molar refractivity (Wildman–Crippen MR) is 143 cm³/mol. The molecule has 0 unspecified atom stereocenters. The summed E-state index contributed by atoms with van der Waals surface area (Å²) in [5, 5.41) is 3.57. The predicted octanol–water partition coefficient (Wildman–Crippen LogP) is 5.83. The number of carbonyl (C=O) groups is 1. The third-order valence-electron chi connectivity index (χ3n) is 6.79. The van der Waals surface area contributed by atoms with Crippen molar-refractivity contribution in [3.8, 4) is 0 Å². The van der Waals surface area contributed by atoms with Crippen molar-refractivity contribution in [1.82, 2.24) is 14.7 Å². The van der Waals surface area contributed by atoms with Gasteiger partial charge in [0.25, 0.3) is 5.91 Å². The highest BCUT2D eigenvalue weighted by Gasteiger charge is 2.32. The number of aryl methyl sites for hydroxylation is 1. The van der Waals surface area contributed by atoms with E-state index in [1.165, 1.54) is 10.5 Å². The number of nitrogens with zero attached hydrogens (tertiary/aromatic N) is 4. The maximum absolute atomic E-state index is 13.2. The molecule has 4 aromatic rings. The topological polar surface area (TPSA) is 52.9 Å². The summed E-state index contributed by atoms with van der Waals surface area (Å²) in [4.78, 5) is 22.0. The summed E-state index contributed by atoms with van der Waals surface area (Å²) in [6.45, 7) is 5.62. The summed E-state index contributed by atoms with van der Waals surface area (Å²) in [6, 6.07) is 18.1. The van der Waals surface area contributed by atoms with Crippen molar-refractivity contribution in [1.29, 1.82) is 0 Å². The Hall–Kier alpha value is -3.72. The van der Waals surface area contributed by atoms with Gasteiger partial charge in [-0.2, -0.15) is 13.2 Å². The molecule has 2 aromatic carbocycles. The summed E-state index contributed by atoms with van der Waals surface area (Å²) in [6.07, 6.45) is -3.16. The molecule has 1 aliphatic heterocycles. The average molecular weight is 542 g/mol. The van der Waals surface area contributed by atoms with Crippen LogP contribution in [0.4, 0.5) is 24.5 Å². The van der Waals surface area contributed by atoms with Crippen molar-refractivity contribution in [2.45, 2.75) is 26.1 Å². The highest BCUT2D eigenvalue weighted by Crippen LogP contribution is 2.30. The van der Waals surface area contributed by atoms with E-state index in [1.807, 2.05) is 55.5 Å². The number of imidazole rings is 1. The van der Waals surface area contributed by atoms with E-state index < -0.39 is 17.6 Å². The largest absolute Gasteiger partial charge is 0.417 e. The van der Waals surface area contributed by atoms with Crippen molar-refractivity contribution in [2.75, 3.05) is 36.0 Å². The molecule has 3 heterocycles. The Kier molecular flexibility index (Phi) is 7.21. The second-order valence-electron chi connectivity index (χ2n) is 9.20. The van der Waals surface area contributed by atoms with Gasteiger partial charge >= 0.3 is 6.18 Å². The van der Waals surface area contributed by atoms with Crippen LogP contribution in [0.15, 0.2) is 66.9 Å². The Morgan fingerprint density at radius 2 is 1.50 bits per heavy atom. The quantitative estimate of drug-likeness (QED) is 0.334. The van der Waals surface area contributed by atoms with E-state index in [1.54, 1.807) is 0 Å². The molecule has 38 heavy (non-hydrogen) atoms. The van der Waals surface area contributed by atoms with Gasteiger partial charge in [0.05, 0.1) is 11.3 Å². The molecule has 2 aromatic heterocycles. The molecule has 1 fully saturated rings. The number of hydrogen-bond donors (Lipinski definition) is 1. The van der Waals surface area contributed by atoms with Crippen LogP contribution in [0.1, 0.15) is 34.2 Å². The first-order chi connectivity index (χ1) is 18.2. The van der Waals surface area contributed by atoms with Crippen LogP contribution in [0.2, 0.25) is 5.02 Å². The van der Waals surface area contributed by atoms with E-state index in [2.05, 4.69) is 20.1 Å². The van der Waals surface area contributed by atoms with Gasteiger partial charge < -0.3 is 15.1 Å². The molecule has 1 saturated heterocycles. The molecule has 0 saturated carbocycles. The summed E-state index contributed by atoms with van der Waals surface area (Å²) in [5.74, 6) is -0.462. The molecule has 0 atom stereocenters. The van der Waals surface area contributed by atoms with E-state index in [0.29, 0.717) is 17.8 Å². The molecule has 10 heteroatoms. The van der Waals surface area contributed by atoms with Crippen LogP contribution in [0, 0.1) is 0 Å². The first kappa shape index (κ1) is 25.9. The molecule has 6 nitrogen and oxygen atoms in total. The fourth-order valence-corrected chi connectivity index (χ4v) is 4.84. The Morgan fingerprint density at radius 1 is 0.921 bits per heavy atom. The number of pyridine rings is 1. The van der Waals surface area contributed by atoms with Crippen molar-refractivity contribution < 1.29 is 18.0 Å². The molecule has 0 radical (unpaired) electrons. The van der Waals surface area contributed by atoms with E-state index in [-0.39, 0.29) is 12.2 Å². The van der Waals surface area contributed by atoms with Crippen molar-refractivity contribution in [3.05, 3.63) is 94.4 Å². The van der Waals surface area contributed by atoms with E-state index in [4.69, 9.17) is 11.6 Å². The minimum absolute atomic E-state index is 0.128. The number of fused-ring (bicyclic) bond motifs is 1. The fraction of sp³-hybridized carbons (Fsp3) is 0.286. The van der Waals surface area contributed by atoms with Crippen LogP contribution in [-0.4, -0.2) is 41.5 Å². The normalized spacial score (nSPS) is 14.2. The zero-order valence-corrected chi connectivity index (χ0v) is 21.6. The van der Waals surface area contributed by atoms with Gasteiger partial charge in [-0.15, -0.1) is 0 Å². The number of anilines is 2.